The van der Waals surface area contributed by atoms with Gasteiger partial charge in [0.1, 0.15) is 11.5 Å². The number of hydrogen-bond acceptors (Lipinski definition) is 5. The second-order valence-electron chi connectivity index (χ2n) is 9.86. The van der Waals surface area contributed by atoms with E-state index in [1.807, 2.05) is 66.4 Å². The molecular formula is C32H36N4O3. The van der Waals surface area contributed by atoms with Crippen molar-refractivity contribution in [3.05, 3.63) is 107 Å². The van der Waals surface area contributed by atoms with E-state index in [-0.39, 0.29) is 5.91 Å². The fourth-order valence-electron chi connectivity index (χ4n) is 5.16. The molecule has 1 aliphatic rings. The fraction of sp³-hybridized carbons (Fsp3) is 0.312. The van der Waals surface area contributed by atoms with Crippen LogP contribution in [0.4, 0.5) is 0 Å². The molecule has 5 rings (SSSR count). The average molecular weight is 525 g/mol. The van der Waals surface area contributed by atoms with Gasteiger partial charge in [0.05, 0.1) is 44.3 Å². The summed E-state index contributed by atoms with van der Waals surface area (Å²) in [5.74, 6) is 1.75. The zero-order valence-corrected chi connectivity index (χ0v) is 23.0. The number of likely N-dealkylation sites (N-methyl/N-ethyl adjacent to an activating group) is 1. The Hall–Kier alpha value is -4.10. The van der Waals surface area contributed by atoms with Crippen molar-refractivity contribution in [3.63, 3.8) is 0 Å². The topological polar surface area (TPSA) is 59.8 Å². The van der Waals surface area contributed by atoms with Crippen LogP contribution in [0.1, 0.15) is 35.0 Å². The van der Waals surface area contributed by atoms with Crippen LogP contribution in [0.15, 0.2) is 78.9 Å². The number of carbonyl (C=O) groups is 1. The van der Waals surface area contributed by atoms with Crippen molar-refractivity contribution in [1.29, 1.82) is 0 Å². The highest BCUT2D eigenvalue weighted by atomic mass is 16.5. The Morgan fingerprint density at radius 1 is 0.897 bits per heavy atom. The Morgan fingerprint density at radius 2 is 1.54 bits per heavy atom. The summed E-state index contributed by atoms with van der Waals surface area (Å²) in [5.41, 5.74) is 6.72. The van der Waals surface area contributed by atoms with E-state index < -0.39 is 0 Å². The van der Waals surface area contributed by atoms with E-state index in [2.05, 4.69) is 33.8 Å². The molecule has 1 aromatic heterocycles. The summed E-state index contributed by atoms with van der Waals surface area (Å²) in [6.07, 6.45) is 1.25. The highest BCUT2D eigenvalue weighted by molar-refractivity contribution is 5.78. The van der Waals surface area contributed by atoms with Crippen molar-refractivity contribution < 1.29 is 14.3 Å². The maximum atomic E-state index is 13.3. The summed E-state index contributed by atoms with van der Waals surface area (Å²) < 4.78 is 12.7. The number of hydrogen-bond donors (Lipinski definition) is 0. The highest BCUT2D eigenvalue weighted by Crippen LogP contribution is 2.28. The molecule has 0 bridgehead atoms. The summed E-state index contributed by atoms with van der Waals surface area (Å²) in [4.78, 5) is 17.7. The number of aromatic nitrogens is 2. The van der Waals surface area contributed by atoms with Gasteiger partial charge in [-0.1, -0.05) is 42.5 Å². The molecule has 0 N–H and O–H groups in total. The van der Waals surface area contributed by atoms with Crippen LogP contribution in [0.2, 0.25) is 0 Å². The lowest BCUT2D eigenvalue weighted by Crippen LogP contribution is -2.33. The Balaban J connectivity index is 1.38. The smallest absolute Gasteiger partial charge is 0.227 e. The Morgan fingerprint density at radius 3 is 2.15 bits per heavy atom. The fourth-order valence-corrected chi connectivity index (χ4v) is 5.16. The maximum absolute atomic E-state index is 13.3. The van der Waals surface area contributed by atoms with Gasteiger partial charge in [0, 0.05) is 38.2 Å². The van der Waals surface area contributed by atoms with Crippen LogP contribution in [0.5, 0.6) is 11.5 Å². The molecule has 0 spiro atoms. The van der Waals surface area contributed by atoms with Gasteiger partial charge in [0.25, 0.3) is 0 Å². The lowest BCUT2D eigenvalue weighted by molar-refractivity contribution is -0.130. The van der Waals surface area contributed by atoms with Gasteiger partial charge in [-0.3, -0.25) is 9.69 Å². The SMILES string of the molecule is CCN(Cc1nn(-c2ccccc2)c2c1CN(Cc1ccc(OC)cc1)CC2)C(=O)Cc1ccc(OC)cc1. The van der Waals surface area contributed by atoms with E-state index in [1.165, 1.54) is 16.8 Å². The van der Waals surface area contributed by atoms with Crippen molar-refractivity contribution in [2.45, 2.75) is 39.4 Å². The predicted octanol–water partition coefficient (Wildman–Crippen LogP) is 5.04. The quantitative estimate of drug-likeness (QED) is 0.291. The number of amides is 1. The van der Waals surface area contributed by atoms with Crippen molar-refractivity contribution in [2.75, 3.05) is 27.3 Å². The lowest BCUT2D eigenvalue weighted by atomic mass is 10.0. The van der Waals surface area contributed by atoms with Gasteiger partial charge in [0.15, 0.2) is 0 Å². The van der Waals surface area contributed by atoms with Gasteiger partial charge in [-0.2, -0.15) is 5.10 Å². The third-order valence-electron chi connectivity index (χ3n) is 7.38. The van der Waals surface area contributed by atoms with Gasteiger partial charge in [-0.25, -0.2) is 4.68 Å². The number of rotatable bonds is 10. The van der Waals surface area contributed by atoms with E-state index >= 15 is 0 Å². The molecule has 202 valence electrons. The van der Waals surface area contributed by atoms with Crippen LogP contribution in [-0.2, 0) is 37.3 Å². The summed E-state index contributed by atoms with van der Waals surface area (Å²) >= 11 is 0. The van der Waals surface area contributed by atoms with Gasteiger partial charge in [0.2, 0.25) is 5.91 Å². The number of carbonyl (C=O) groups excluding carboxylic acids is 1. The summed E-state index contributed by atoms with van der Waals surface area (Å²) in [6.45, 7) is 5.75. The minimum atomic E-state index is 0.0941. The van der Waals surface area contributed by atoms with Crippen molar-refractivity contribution >= 4 is 5.91 Å². The van der Waals surface area contributed by atoms with Crippen LogP contribution in [0.25, 0.3) is 5.69 Å². The van der Waals surface area contributed by atoms with Gasteiger partial charge in [-0.15, -0.1) is 0 Å². The van der Waals surface area contributed by atoms with Crippen LogP contribution in [-0.4, -0.2) is 52.8 Å². The third kappa shape index (κ3) is 6.15. The third-order valence-corrected chi connectivity index (χ3v) is 7.38. The molecule has 0 aliphatic carbocycles. The zero-order chi connectivity index (χ0) is 27.2. The summed E-state index contributed by atoms with van der Waals surface area (Å²) in [7, 11) is 3.33. The molecule has 1 aliphatic heterocycles. The Labute approximate surface area is 230 Å². The standard InChI is InChI=1S/C32H36N4O3/c1-4-35(32(37)20-24-10-14-27(38-2)15-11-24)23-30-29-22-34(21-25-12-16-28(39-3)17-13-25)19-18-31(29)36(33-30)26-8-6-5-7-9-26/h5-17H,4,18-23H2,1-3H3. The number of para-hydroxylation sites is 1. The summed E-state index contributed by atoms with van der Waals surface area (Å²) in [5, 5.41) is 5.09. The second kappa shape index (κ2) is 12.2. The number of ether oxygens (including phenoxy) is 2. The first kappa shape index (κ1) is 26.5. The maximum Gasteiger partial charge on any atom is 0.227 e. The van der Waals surface area contributed by atoms with E-state index in [0.29, 0.717) is 19.5 Å². The van der Waals surface area contributed by atoms with Crippen molar-refractivity contribution in [3.8, 4) is 17.2 Å². The number of methoxy groups -OCH3 is 2. The normalized spacial score (nSPS) is 13.1. The zero-order valence-electron chi connectivity index (χ0n) is 23.0. The van der Waals surface area contributed by atoms with Crippen LogP contribution >= 0.6 is 0 Å². The molecule has 0 atom stereocenters. The number of fused-ring (bicyclic) bond motifs is 1. The molecule has 4 aromatic rings. The van der Waals surface area contributed by atoms with E-state index in [9.17, 15) is 4.79 Å². The van der Waals surface area contributed by atoms with Gasteiger partial charge in [-0.05, 0) is 54.4 Å². The van der Waals surface area contributed by atoms with Crippen molar-refractivity contribution in [1.82, 2.24) is 19.6 Å². The monoisotopic (exact) mass is 524 g/mol. The molecule has 0 saturated carbocycles. The molecule has 0 unspecified atom stereocenters. The predicted molar refractivity (Wildman–Crippen MR) is 152 cm³/mol. The molecule has 3 aromatic carbocycles. The van der Waals surface area contributed by atoms with Crippen LogP contribution in [0, 0.1) is 0 Å². The van der Waals surface area contributed by atoms with E-state index in [1.54, 1.807) is 14.2 Å². The number of benzene rings is 3. The van der Waals surface area contributed by atoms with E-state index in [4.69, 9.17) is 14.6 Å². The second-order valence-corrected chi connectivity index (χ2v) is 9.86. The lowest BCUT2D eigenvalue weighted by Gasteiger charge is -2.28. The number of nitrogens with zero attached hydrogens (tertiary/aromatic N) is 4. The molecule has 2 heterocycles. The van der Waals surface area contributed by atoms with E-state index in [0.717, 1.165) is 54.5 Å². The average Bonchev–Trinajstić information content (AvgIpc) is 3.34. The van der Waals surface area contributed by atoms with Crippen LogP contribution in [0.3, 0.4) is 0 Å². The van der Waals surface area contributed by atoms with Gasteiger partial charge < -0.3 is 14.4 Å². The molecule has 0 fully saturated rings. The first-order valence-electron chi connectivity index (χ1n) is 13.5. The highest BCUT2D eigenvalue weighted by Gasteiger charge is 2.27. The van der Waals surface area contributed by atoms with Crippen molar-refractivity contribution in [2.24, 2.45) is 0 Å². The molecule has 0 saturated heterocycles. The van der Waals surface area contributed by atoms with Crippen LogP contribution < -0.4 is 9.47 Å². The molecule has 7 nitrogen and oxygen atoms in total. The van der Waals surface area contributed by atoms with Gasteiger partial charge >= 0.3 is 0 Å². The first-order chi connectivity index (χ1) is 19.1. The molecular weight excluding hydrogens is 488 g/mol. The largest absolute Gasteiger partial charge is 0.497 e. The Kier molecular flexibility index (Phi) is 8.27. The Bertz CT molecular complexity index is 1380. The first-order valence-corrected chi connectivity index (χ1v) is 13.5. The molecule has 0 radical (unpaired) electrons. The summed E-state index contributed by atoms with van der Waals surface area (Å²) in [6, 6.07) is 26.3. The minimum Gasteiger partial charge on any atom is -0.497 e. The molecule has 39 heavy (non-hydrogen) atoms. The molecule has 7 heteroatoms. The molecule has 1 amide bonds. The minimum absolute atomic E-state index is 0.0941.